The number of fused-ring (bicyclic) bond motifs is 1. The fourth-order valence-corrected chi connectivity index (χ4v) is 5.44. The maximum Gasteiger partial charge on any atom is 0.408 e. The lowest BCUT2D eigenvalue weighted by Crippen LogP contribution is -2.55. The standard InChI is InChI=1S/C31H37ClN6O3/c1-20-22(13-10-14-23(20)32)25-24-26(38(35-25)19-21-11-8-7-9-12-21)33-28(36(6)27(24)39)37-17-15-31(5,16-18-37)34-29(40)41-30(2,3)4/h7-14H,15-19H2,1-6H3,(H,34,40). The second-order valence-corrected chi connectivity index (χ2v) is 12.5. The molecule has 3 heterocycles. The summed E-state index contributed by atoms with van der Waals surface area (Å²) < 4.78 is 8.89. The van der Waals surface area contributed by atoms with Crippen molar-refractivity contribution in [1.82, 2.24) is 24.6 Å². The van der Waals surface area contributed by atoms with Gasteiger partial charge in [0.15, 0.2) is 5.65 Å². The van der Waals surface area contributed by atoms with Crippen molar-refractivity contribution < 1.29 is 9.53 Å². The van der Waals surface area contributed by atoms with Crippen molar-refractivity contribution in [2.75, 3.05) is 18.0 Å². The fraction of sp³-hybridized carbons (Fsp3) is 0.419. The van der Waals surface area contributed by atoms with E-state index >= 15 is 0 Å². The molecule has 0 atom stereocenters. The Morgan fingerprint density at radius 2 is 1.78 bits per heavy atom. The Morgan fingerprint density at radius 3 is 2.44 bits per heavy atom. The highest BCUT2D eigenvalue weighted by Crippen LogP contribution is 2.33. The molecule has 0 unspecified atom stereocenters. The first kappa shape index (κ1) is 28.7. The molecule has 5 rings (SSSR count). The molecule has 216 valence electrons. The number of carbonyl (C=O) groups excluding carboxylic acids is 1. The summed E-state index contributed by atoms with van der Waals surface area (Å²) in [7, 11) is 1.75. The molecule has 9 nitrogen and oxygen atoms in total. The lowest BCUT2D eigenvalue weighted by molar-refractivity contribution is 0.0448. The molecule has 1 fully saturated rings. The number of carbonyl (C=O) groups is 1. The van der Waals surface area contributed by atoms with E-state index in [1.807, 2.05) is 87.8 Å². The van der Waals surface area contributed by atoms with Gasteiger partial charge in [-0.25, -0.2) is 9.48 Å². The molecule has 0 saturated carbocycles. The van der Waals surface area contributed by atoms with Crippen LogP contribution in [0.2, 0.25) is 5.02 Å². The quantitative estimate of drug-likeness (QED) is 0.328. The maximum absolute atomic E-state index is 14.0. The van der Waals surface area contributed by atoms with Crippen LogP contribution in [-0.4, -0.2) is 49.7 Å². The maximum atomic E-state index is 14.0. The van der Waals surface area contributed by atoms with E-state index in [9.17, 15) is 9.59 Å². The molecule has 0 bridgehead atoms. The average Bonchev–Trinajstić information content (AvgIpc) is 3.25. The second-order valence-electron chi connectivity index (χ2n) is 12.1. The largest absolute Gasteiger partial charge is 0.444 e. The number of ether oxygens (including phenoxy) is 1. The highest BCUT2D eigenvalue weighted by molar-refractivity contribution is 6.31. The highest BCUT2D eigenvalue weighted by atomic mass is 35.5. The van der Waals surface area contributed by atoms with Crippen LogP contribution in [0.4, 0.5) is 10.7 Å². The summed E-state index contributed by atoms with van der Waals surface area (Å²) in [6.07, 6.45) is 0.932. The summed E-state index contributed by atoms with van der Waals surface area (Å²) in [5.74, 6) is 0.574. The Balaban J connectivity index is 1.53. The predicted octanol–water partition coefficient (Wildman–Crippen LogP) is 5.69. The van der Waals surface area contributed by atoms with Crippen LogP contribution in [0.5, 0.6) is 0 Å². The van der Waals surface area contributed by atoms with Crippen molar-refractivity contribution in [1.29, 1.82) is 0 Å². The zero-order chi connectivity index (χ0) is 29.5. The monoisotopic (exact) mass is 576 g/mol. The summed E-state index contributed by atoms with van der Waals surface area (Å²) in [6, 6.07) is 15.6. The van der Waals surface area contributed by atoms with Crippen molar-refractivity contribution >= 4 is 34.7 Å². The molecule has 10 heteroatoms. The van der Waals surface area contributed by atoms with Crippen molar-refractivity contribution in [3.8, 4) is 11.3 Å². The van der Waals surface area contributed by atoms with Gasteiger partial charge in [-0.05, 0) is 64.7 Å². The minimum Gasteiger partial charge on any atom is -0.444 e. The first-order chi connectivity index (χ1) is 19.3. The number of benzene rings is 2. The zero-order valence-electron chi connectivity index (χ0n) is 24.5. The van der Waals surface area contributed by atoms with Gasteiger partial charge < -0.3 is 15.0 Å². The van der Waals surface area contributed by atoms with Gasteiger partial charge >= 0.3 is 6.09 Å². The number of nitrogens with one attached hydrogen (secondary N) is 1. The van der Waals surface area contributed by atoms with Gasteiger partial charge in [0.25, 0.3) is 5.56 Å². The Labute approximate surface area is 245 Å². The van der Waals surface area contributed by atoms with Gasteiger partial charge in [0.2, 0.25) is 5.95 Å². The van der Waals surface area contributed by atoms with E-state index in [1.54, 1.807) is 11.6 Å². The van der Waals surface area contributed by atoms with E-state index in [-0.39, 0.29) is 5.56 Å². The first-order valence-corrected chi connectivity index (χ1v) is 14.3. The number of hydrogen-bond acceptors (Lipinski definition) is 6. The highest BCUT2D eigenvalue weighted by Gasteiger charge is 2.35. The smallest absolute Gasteiger partial charge is 0.408 e. The summed E-state index contributed by atoms with van der Waals surface area (Å²) in [4.78, 5) is 33.6. The molecule has 1 saturated heterocycles. The summed E-state index contributed by atoms with van der Waals surface area (Å²) in [6.45, 7) is 11.2. The molecule has 1 aliphatic rings. The number of anilines is 1. The third-order valence-electron chi connectivity index (χ3n) is 7.60. The van der Waals surface area contributed by atoms with Crippen LogP contribution < -0.4 is 15.8 Å². The minimum absolute atomic E-state index is 0.168. The Kier molecular flexibility index (Phi) is 7.59. The minimum atomic E-state index is -0.566. The van der Waals surface area contributed by atoms with Gasteiger partial charge in [-0.2, -0.15) is 10.1 Å². The molecular formula is C31H37ClN6O3. The molecule has 0 spiro atoms. The van der Waals surface area contributed by atoms with Crippen molar-refractivity contribution in [2.45, 2.75) is 65.1 Å². The van der Waals surface area contributed by atoms with Gasteiger partial charge in [-0.1, -0.05) is 54.1 Å². The van der Waals surface area contributed by atoms with E-state index in [2.05, 4.69) is 10.2 Å². The first-order valence-electron chi connectivity index (χ1n) is 13.9. The summed E-state index contributed by atoms with van der Waals surface area (Å²) in [5.41, 5.74) is 2.67. The van der Waals surface area contributed by atoms with Crippen LogP contribution >= 0.6 is 11.6 Å². The fourth-order valence-electron chi connectivity index (χ4n) is 5.27. The third-order valence-corrected chi connectivity index (χ3v) is 8.01. The lowest BCUT2D eigenvalue weighted by Gasteiger charge is -2.40. The molecule has 1 N–H and O–H groups in total. The number of hydrogen-bond donors (Lipinski definition) is 1. The Hall–Kier alpha value is -3.85. The van der Waals surface area contributed by atoms with Gasteiger partial charge in [-0.15, -0.1) is 0 Å². The zero-order valence-corrected chi connectivity index (χ0v) is 25.2. The van der Waals surface area contributed by atoms with Gasteiger partial charge in [0, 0.05) is 36.3 Å². The van der Waals surface area contributed by atoms with E-state index in [1.165, 1.54) is 0 Å². The van der Waals surface area contributed by atoms with Crippen molar-refractivity contribution in [3.63, 3.8) is 0 Å². The molecule has 1 amide bonds. The number of aromatic nitrogens is 4. The normalized spacial score (nSPS) is 15.2. The Bertz CT molecular complexity index is 1650. The van der Waals surface area contributed by atoms with Crippen LogP contribution in [-0.2, 0) is 18.3 Å². The van der Waals surface area contributed by atoms with Gasteiger partial charge in [-0.3, -0.25) is 9.36 Å². The Morgan fingerprint density at radius 1 is 1.10 bits per heavy atom. The third kappa shape index (κ3) is 5.95. The van der Waals surface area contributed by atoms with E-state index < -0.39 is 17.2 Å². The molecule has 4 aromatic rings. The number of rotatable bonds is 5. The van der Waals surface area contributed by atoms with Crippen LogP contribution in [0, 0.1) is 6.92 Å². The topological polar surface area (TPSA) is 94.3 Å². The average molecular weight is 577 g/mol. The molecule has 41 heavy (non-hydrogen) atoms. The van der Waals surface area contributed by atoms with Crippen LogP contribution in [0.3, 0.4) is 0 Å². The van der Waals surface area contributed by atoms with Crippen molar-refractivity contribution in [2.24, 2.45) is 7.05 Å². The molecular weight excluding hydrogens is 540 g/mol. The number of alkyl carbamates (subject to hydrolysis) is 1. The summed E-state index contributed by atoms with van der Waals surface area (Å²) >= 11 is 6.46. The molecule has 2 aromatic heterocycles. The number of nitrogens with zero attached hydrogens (tertiary/aromatic N) is 5. The molecule has 0 aliphatic carbocycles. The van der Waals surface area contributed by atoms with Crippen LogP contribution in [0.15, 0.2) is 53.3 Å². The molecule has 1 aliphatic heterocycles. The SMILES string of the molecule is Cc1c(Cl)cccc1-c1nn(Cc2ccccc2)c2nc(N3CCC(C)(NC(=O)OC(C)(C)C)CC3)n(C)c(=O)c12. The molecule has 0 radical (unpaired) electrons. The van der Waals surface area contributed by atoms with Gasteiger partial charge in [0.05, 0.1) is 6.54 Å². The van der Waals surface area contributed by atoms with E-state index in [0.29, 0.717) is 60.2 Å². The van der Waals surface area contributed by atoms with Crippen LogP contribution in [0.1, 0.15) is 51.7 Å². The summed E-state index contributed by atoms with van der Waals surface area (Å²) in [5, 5.41) is 9.06. The second kappa shape index (κ2) is 10.9. The number of halogens is 1. The van der Waals surface area contributed by atoms with Gasteiger partial charge in [0.1, 0.15) is 16.7 Å². The number of amides is 1. The molecule has 2 aromatic carbocycles. The van der Waals surface area contributed by atoms with E-state index in [0.717, 1.165) is 16.7 Å². The van der Waals surface area contributed by atoms with Crippen molar-refractivity contribution in [3.05, 3.63) is 75.0 Å². The predicted molar refractivity (Wildman–Crippen MR) is 163 cm³/mol. The van der Waals surface area contributed by atoms with Crippen LogP contribution in [0.25, 0.3) is 22.3 Å². The van der Waals surface area contributed by atoms with E-state index in [4.69, 9.17) is 26.4 Å². The number of piperidine rings is 1. The lowest BCUT2D eigenvalue weighted by atomic mass is 9.90.